The van der Waals surface area contributed by atoms with E-state index in [0.29, 0.717) is 0 Å². The topological polar surface area (TPSA) is 17.3 Å². The lowest BCUT2D eigenvalue weighted by Crippen LogP contribution is -2.31. The molecular weight excluding hydrogens is 484 g/mol. The van der Waals surface area contributed by atoms with E-state index in [4.69, 9.17) is 4.99 Å². The van der Waals surface area contributed by atoms with Crippen molar-refractivity contribution in [3.8, 4) is 5.69 Å². The summed E-state index contributed by atoms with van der Waals surface area (Å²) < 4.78 is 2.37. The number of benzene rings is 5. The monoisotopic (exact) mass is 510 g/mol. The molecule has 3 heterocycles. The third-order valence-electron chi connectivity index (χ3n) is 8.05. The van der Waals surface area contributed by atoms with Crippen LogP contribution in [-0.4, -0.2) is 16.3 Å². The lowest BCUT2D eigenvalue weighted by Gasteiger charge is -2.15. The van der Waals surface area contributed by atoms with Crippen LogP contribution in [0.1, 0.15) is 11.1 Å². The molecule has 6 aromatic rings. The first kappa shape index (κ1) is 22.7. The molecule has 2 nitrogen and oxygen atoms in total. The Hall–Kier alpha value is -5.21. The van der Waals surface area contributed by atoms with Gasteiger partial charge in [0.25, 0.3) is 0 Å². The number of fused-ring (bicyclic) bond motifs is 5. The zero-order valence-electron chi connectivity index (χ0n) is 21.9. The Bertz CT molecular complexity index is 2090. The lowest BCUT2D eigenvalue weighted by molar-refractivity contribution is 1.05. The Morgan fingerprint density at radius 3 is 1.88 bits per heavy atom. The maximum Gasteiger partial charge on any atom is 0.0952 e. The Balaban J connectivity index is 1.38. The van der Waals surface area contributed by atoms with Crippen LogP contribution in [0.25, 0.3) is 38.6 Å². The molecule has 2 aliphatic heterocycles. The van der Waals surface area contributed by atoms with E-state index in [9.17, 15) is 0 Å². The second kappa shape index (κ2) is 9.21. The van der Waals surface area contributed by atoms with Crippen LogP contribution in [0.15, 0.2) is 157 Å². The third kappa shape index (κ3) is 3.54. The summed E-state index contributed by atoms with van der Waals surface area (Å²) in [5.74, 6) is 0. The molecule has 0 amide bonds. The Kier molecular flexibility index (Phi) is 5.24. The van der Waals surface area contributed by atoms with Crippen molar-refractivity contribution < 1.29 is 0 Å². The van der Waals surface area contributed by atoms with E-state index in [1.165, 1.54) is 54.5 Å². The maximum atomic E-state index is 5.32. The van der Waals surface area contributed by atoms with Crippen LogP contribution < -0.4 is 10.4 Å². The number of aliphatic imine (C=N–C) groups is 1. The summed E-state index contributed by atoms with van der Waals surface area (Å²) in [6.07, 6.45) is 8.59. The largest absolute Gasteiger partial charge is 0.309 e. The van der Waals surface area contributed by atoms with E-state index in [-0.39, 0.29) is 6.04 Å². The smallest absolute Gasteiger partial charge is 0.0952 e. The number of hydrogen-bond acceptors (Lipinski definition) is 1. The van der Waals surface area contributed by atoms with Crippen molar-refractivity contribution >= 4 is 38.7 Å². The van der Waals surface area contributed by atoms with Crippen LogP contribution in [0.2, 0.25) is 0 Å². The van der Waals surface area contributed by atoms with Gasteiger partial charge in [-0.25, -0.2) is 0 Å². The highest BCUT2D eigenvalue weighted by molar-refractivity contribution is 6.29. The molecule has 1 aromatic heterocycles. The maximum absolute atomic E-state index is 5.32. The van der Waals surface area contributed by atoms with Crippen LogP contribution >= 0.6 is 0 Å². The van der Waals surface area contributed by atoms with Gasteiger partial charge in [0.1, 0.15) is 0 Å². The first-order chi connectivity index (χ1) is 19.9. The van der Waals surface area contributed by atoms with Crippen LogP contribution in [-0.2, 0) is 0 Å². The summed E-state index contributed by atoms with van der Waals surface area (Å²) in [6, 6.07) is 45.7. The quantitative estimate of drug-likeness (QED) is 0.241. The van der Waals surface area contributed by atoms with E-state index in [2.05, 4.69) is 156 Å². The van der Waals surface area contributed by atoms with Crippen molar-refractivity contribution in [3.05, 3.63) is 173 Å². The lowest BCUT2D eigenvalue weighted by atomic mass is 9.93. The first-order valence-electron chi connectivity index (χ1n) is 13.8. The number of nitrogens with zero attached hydrogens (tertiary/aromatic N) is 2. The van der Waals surface area contributed by atoms with E-state index in [1.807, 2.05) is 0 Å². The van der Waals surface area contributed by atoms with Crippen molar-refractivity contribution in [2.24, 2.45) is 4.99 Å². The van der Waals surface area contributed by atoms with Gasteiger partial charge in [-0.15, -0.1) is 0 Å². The Morgan fingerprint density at radius 2 is 1.15 bits per heavy atom. The number of allylic oxidation sites excluding steroid dienone is 3. The van der Waals surface area contributed by atoms with Crippen LogP contribution in [0.4, 0.5) is 0 Å². The van der Waals surface area contributed by atoms with Gasteiger partial charge in [-0.05, 0) is 57.5 Å². The number of rotatable bonds is 3. The molecule has 0 N–H and O–H groups in total. The SMILES string of the molecule is C1=CC2=NC(C=C1)C(c1ccc(-n3c4ccccc4c4ccccc43)cc1)=c1ccccc1=C2c1ccccc1. The summed E-state index contributed by atoms with van der Waals surface area (Å²) in [5, 5.41) is 5.00. The molecule has 188 valence electrons. The second-order valence-electron chi connectivity index (χ2n) is 10.3. The highest BCUT2D eigenvalue weighted by Gasteiger charge is 2.22. The van der Waals surface area contributed by atoms with Gasteiger partial charge in [-0.3, -0.25) is 4.99 Å². The van der Waals surface area contributed by atoms with Crippen LogP contribution in [0.3, 0.4) is 0 Å². The third-order valence-corrected chi connectivity index (χ3v) is 8.05. The first-order valence-corrected chi connectivity index (χ1v) is 13.8. The average molecular weight is 511 g/mol. The molecule has 5 aromatic carbocycles. The molecular formula is C38H26N2. The van der Waals surface area contributed by atoms with Crippen molar-refractivity contribution in [1.29, 1.82) is 0 Å². The molecule has 2 bridgehead atoms. The number of para-hydroxylation sites is 2. The molecule has 0 spiro atoms. The normalized spacial score (nSPS) is 16.1. The van der Waals surface area contributed by atoms with Gasteiger partial charge in [0.05, 0.1) is 22.8 Å². The fourth-order valence-corrected chi connectivity index (χ4v) is 6.32. The Morgan fingerprint density at radius 1 is 0.525 bits per heavy atom. The highest BCUT2D eigenvalue weighted by atomic mass is 15.0. The van der Waals surface area contributed by atoms with Gasteiger partial charge >= 0.3 is 0 Å². The van der Waals surface area contributed by atoms with E-state index < -0.39 is 0 Å². The van der Waals surface area contributed by atoms with Crippen molar-refractivity contribution in [3.63, 3.8) is 0 Å². The second-order valence-corrected chi connectivity index (χ2v) is 10.3. The zero-order valence-corrected chi connectivity index (χ0v) is 21.9. The summed E-state index contributed by atoms with van der Waals surface area (Å²) in [7, 11) is 0. The van der Waals surface area contributed by atoms with Gasteiger partial charge < -0.3 is 4.57 Å². The molecule has 0 aliphatic carbocycles. The van der Waals surface area contributed by atoms with E-state index in [1.54, 1.807) is 0 Å². The van der Waals surface area contributed by atoms with E-state index in [0.717, 1.165) is 11.4 Å². The highest BCUT2D eigenvalue weighted by Crippen LogP contribution is 2.33. The minimum atomic E-state index is -0.0774. The molecule has 8 rings (SSSR count). The molecule has 2 aliphatic rings. The van der Waals surface area contributed by atoms with Gasteiger partial charge in [-0.1, -0.05) is 121 Å². The predicted octanol–water partition coefficient (Wildman–Crippen LogP) is 7.13. The Labute approximate surface area is 232 Å². The van der Waals surface area contributed by atoms with Crippen molar-refractivity contribution in [2.45, 2.75) is 6.04 Å². The summed E-state index contributed by atoms with van der Waals surface area (Å²) in [4.78, 5) is 5.32. The van der Waals surface area contributed by atoms with E-state index >= 15 is 0 Å². The number of hydrogen-bond donors (Lipinski definition) is 0. The van der Waals surface area contributed by atoms with Crippen molar-refractivity contribution in [2.75, 3.05) is 0 Å². The minimum absolute atomic E-state index is 0.0774. The predicted molar refractivity (Wildman–Crippen MR) is 167 cm³/mol. The van der Waals surface area contributed by atoms with Crippen molar-refractivity contribution in [1.82, 2.24) is 4.57 Å². The molecule has 0 radical (unpaired) electrons. The fourth-order valence-electron chi connectivity index (χ4n) is 6.32. The average Bonchev–Trinajstić information content (AvgIpc) is 3.11. The van der Waals surface area contributed by atoms with Crippen LogP contribution in [0, 0.1) is 0 Å². The molecule has 1 atom stereocenters. The summed E-state index contributed by atoms with van der Waals surface area (Å²) in [6.45, 7) is 0. The molecule has 0 saturated carbocycles. The summed E-state index contributed by atoms with van der Waals surface area (Å²) in [5.41, 5.74) is 9.39. The molecule has 0 saturated heterocycles. The summed E-state index contributed by atoms with van der Waals surface area (Å²) >= 11 is 0. The molecule has 2 heteroatoms. The van der Waals surface area contributed by atoms with Gasteiger partial charge in [0, 0.05) is 22.0 Å². The zero-order chi connectivity index (χ0) is 26.5. The minimum Gasteiger partial charge on any atom is -0.309 e. The van der Waals surface area contributed by atoms with Gasteiger partial charge in [0.15, 0.2) is 0 Å². The standard InChI is InChI=1S/C38H26N2/c1-2-12-26(13-3-1)37-31-16-4-5-17-32(31)38(34-19-9-8-18-33(37)39-34)27-22-24-28(25-23-27)40-35-20-10-6-14-29(35)30-15-7-11-21-36(30)40/h1-25,34H. The van der Waals surface area contributed by atoms with Gasteiger partial charge in [-0.2, -0.15) is 0 Å². The molecule has 0 fully saturated rings. The fraction of sp³-hybridized carbons (Fsp3) is 0.0263. The van der Waals surface area contributed by atoms with Gasteiger partial charge in [0.2, 0.25) is 0 Å². The number of aromatic nitrogens is 1. The van der Waals surface area contributed by atoms with Crippen LogP contribution in [0.5, 0.6) is 0 Å². The molecule has 1 unspecified atom stereocenters. The molecule has 40 heavy (non-hydrogen) atoms.